The largest absolute Gasteiger partial charge is 0.444 e. The average molecular weight is 553 g/mol. The first kappa shape index (κ1) is 27.2. The quantitative estimate of drug-likeness (QED) is 0.553. The van der Waals surface area contributed by atoms with Crippen LogP contribution in [0.25, 0.3) is 0 Å². The predicted molar refractivity (Wildman–Crippen MR) is 148 cm³/mol. The van der Waals surface area contributed by atoms with Crippen molar-refractivity contribution in [2.24, 2.45) is 0 Å². The van der Waals surface area contributed by atoms with E-state index in [4.69, 9.17) is 14.7 Å². The molecule has 1 spiro atoms. The van der Waals surface area contributed by atoms with Crippen LogP contribution in [-0.2, 0) is 20.0 Å². The van der Waals surface area contributed by atoms with Gasteiger partial charge in [-0.15, -0.1) is 0 Å². The highest BCUT2D eigenvalue weighted by Crippen LogP contribution is 2.56. The number of hydrogen-bond donors (Lipinski definition) is 0. The number of nitrogens with zero attached hydrogens (tertiary/aromatic N) is 6. The maximum atomic E-state index is 12.9. The van der Waals surface area contributed by atoms with E-state index in [-0.39, 0.29) is 28.5 Å². The summed E-state index contributed by atoms with van der Waals surface area (Å²) in [6, 6.07) is 6.78. The van der Waals surface area contributed by atoms with Crippen LogP contribution >= 0.6 is 0 Å². The highest BCUT2D eigenvalue weighted by molar-refractivity contribution is 7.90. The molecule has 2 fully saturated rings. The SMILES string of the molecule is C[C@@H]1CN(c2ncnc3c2C2(CCC2)CN3c2cc(C#N)cc(S(C)(=O)=O)c2)[C@@H](C)CN1C(=O)OC(C)(C)C. The van der Waals surface area contributed by atoms with Crippen molar-refractivity contribution in [1.29, 1.82) is 5.26 Å². The predicted octanol–water partition coefficient (Wildman–Crippen LogP) is 4.16. The Morgan fingerprint density at radius 1 is 1.10 bits per heavy atom. The lowest BCUT2D eigenvalue weighted by atomic mass is 9.66. The van der Waals surface area contributed by atoms with Gasteiger partial charge >= 0.3 is 6.09 Å². The van der Waals surface area contributed by atoms with Gasteiger partial charge in [0.1, 0.15) is 23.6 Å². The Bertz CT molecular complexity index is 1460. The number of carbonyl (C=O) groups excluding carboxylic acids is 1. The number of piperazine rings is 1. The summed E-state index contributed by atoms with van der Waals surface area (Å²) in [6.07, 6.45) is 5.45. The van der Waals surface area contributed by atoms with Crippen molar-refractivity contribution < 1.29 is 17.9 Å². The first-order valence-corrected chi connectivity index (χ1v) is 15.3. The van der Waals surface area contributed by atoms with E-state index in [1.54, 1.807) is 23.4 Å². The second kappa shape index (κ2) is 9.37. The maximum absolute atomic E-state index is 12.9. The zero-order valence-corrected chi connectivity index (χ0v) is 24.2. The number of anilines is 3. The molecule has 10 nitrogen and oxygen atoms in total. The standard InChI is InChI=1S/C28H36N6O4S/c1-18-15-33(26(35)38-27(3,4)5)19(2)14-32(18)24-23-25(31-17-30-24)34(16-28(23)8-7-9-28)21-10-20(13-29)11-22(12-21)39(6,36)37/h10-12,17-19H,7-9,14-16H2,1-6H3/t18-,19+/m0/s1. The number of aromatic nitrogens is 2. The molecule has 39 heavy (non-hydrogen) atoms. The first-order valence-electron chi connectivity index (χ1n) is 13.4. The lowest BCUT2D eigenvalue weighted by Crippen LogP contribution is -2.59. The van der Waals surface area contributed by atoms with Crippen molar-refractivity contribution in [2.45, 2.75) is 81.9 Å². The minimum Gasteiger partial charge on any atom is -0.444 e. The van der Waals surface area contributed by atoms with E-state index in [9.17, 15) is 18.5 Å². The van der Waals surface area contributed by atoms with Crippen molar-refractivity contribution in [3.05, 3.63) is 35.7 Å². The Kier molecular flexibility index (Phi) is 6.53. The second-order valence-electron chi connectivity index (χ2n) is 12.2. The van der Waals surface area contributed by atoms with Crippen LogP contribution in [0.3, 0.4) is 0 Å². The minimum absolute atomic E-state index is 0.00218. The van der Waals surface area contributed by atoms with Crippen LogP contribution in [0, 0.1) is 11.3 Å². The molecule has 2 aromatic rings. The van der Waals surface area contributed by atoms with Crippen molar-refractivity contribution in [2.75, 3.05) is 35.7 Å². The first-order chi connectivity index (χ1) is 18.2. The molecule has 208 valence electrons. The molecule has 1 aliphatic carbocycles. The summed E-state index contributed by atoms with van der Waals surface area (Å²) in [6.45, 7) is 11.5. The smallest absolute Gasteiger partial charge is 0.410 e. The molecule has 1 amide bonds. The van der Waals surface area contributed by atoms with Gasteiger partial charge in [0, 0.05) is 54.6 Å². The van der Waals surface area contributed by atoms with E-state index in [1.807, 2.05) is 32.6 Å². The van der Waals surface area contributed by atoms with Crippen LogP contribution in [-0.4, -0.2) is 73.0 Å². The number of rotatable bonds is 3. The van der Waals surface area contributed by atoms with Gasteiger partial charge in [-0.25, -0.2) is 23.2 Å². The minimum atomic E-state index is -3.51. The summed E-state index contributed by atoms with van der Waals surface area (Å²) in [5.41, 5.74) is 1.29. The van der Waals surface area contributed by atoms with E-state index in [0.29, 0.717) is 30.9 Å². The number of carbonyl (C=O) groups is 1. The molecule has 1 saturated carbocycles. The van der Waals surface area contributed by atoms with Crippen LogP contribution in [0.2, 0.25) is 0 Å². The van der Waals surface area contributed by atoms with Crippen LogP contribution in [0.4, 0.5) is 22.1 Å². The van der Waals surface area contributed by atoms with Gasteiger partial charge < -0.3 is 19.4 Å². The highest BCUT2D eigenvalue weighted by atomic mass is 32.2. The fourth-order valence-corrected chi connectivity index (χ4v) is 6.64. The molecule has 1 saturated heterocycles. The van der Waals surface area contributed by atoms with Gasteiger partial charge in [-0.05, 0) is 65.7 Å². The molecule has 3 heterocycles. The van der Waals surface area contributed by atoms with Crippen LogP contribution in [0.1, 0.15) is 65.0 Å². The van der Waals surface area contributed by atoms with Crippen molar-refractivity contribution in [1.82, 2.24) is 14.9 Å². The number of nitriles is 1. The molecule has 5 rings (SSSR count). The molecule has 3 aliphatic rings. The molecule has 1 aromatic carbocycles. The third kappa shape index (κ3) is 4.91. The van der Waals surface area contributed by atoms with Gasteiger partial charge in [0.05, 0.1) is 16.5 Å². The molecule has 0 N–H and O–H groups in total. The molecule has 2 atom stereocenters. The Morgan fingerprint density at radius 2 is 1.79 bits per heavy atom. The van der Waals surface area contributed by atoms with Crippen molar-refractivity contribution >= 4 is 33.3 Å². The van der Waals surface area contributed by atoms with E-state index in [2.05, 4.69) is 17.9 Å². The highest BCUT2D eigenvalue weighted by Gasteiger charge is 2.51. The molecule has 1 aromatic heterocycles. The zero-order valence-electron chi connectivity index (χ0n) is 23.4. The van der Waals surface area contributed by atoms with Crippen molar-refractivity contribution in [3.8, 4) is 6.07 Å². The third-order valence-electron chi connectivity index (χ3n) is 8.01. The van der Waals surface area contributed by atoms with Gasteiger partial charge in [-0.2, -0.15) is 5.26 Å². The van der Waals surface area contributed by atoms with Gasteiger partial charge in [0.2, 0.25) is 0 Å². The second-order valence-corrected chi connectivity index (χ2v) is 14.2. The lowest BCUT2D eigenvalue weighted by Gasteiger charge is -2.46. The molecule has 0 unspecified atom stereocenters. The number of amides is 1. The molecular weight excluding hydrogens is 516 g/mol. The van der Waals surface area contributed by atoms with Gasteiger partial charge in [0.15, 0.2) is 9.84 Å². The fraction of sp³-hybridized carbons (Fsp3) is 0.571. The molecule has 11 heteroatoms. The van der Waals surface area contributed by atoms with Crippen LogP contribution < -0.4 is 9.80 Å². The van der Waals surface area contributed by atoms with E-state index in [1.165, 1.54) is 6.07 Å². The average Bonchev–Trinajstić information content (AvgIpc) is 3.20. The van der Waals surface area contributed by atoms with Gasteiger partial charge in [-0.1, -0.05) is 6.42 Å². The summed E-state index contributed by atoms with van der Waals surface area (Å²) >= 11 is 0. The monoisotopic (exact) mass is 552 g/mol. The number of fused-ring (bicyclic) bond motifs is 2. The molecule has 0 radical (unpaired) electrons. The van der Waals surface area contributed by atoms with Gasteiger partial charge in [-0.3, -0.25) is 0 Å². The Morgan fingerprint density at radius 3 is 2.38 bits per heavy atom. The van der Waals surface area contributed by atoms with Gasteiger partial charge in [0.25, 0.3) is 0 Å². The Hall–Kier alpha value is -3.39. The summed E-state index contributed by atoms with van der Waals surface area (Å²) in [5.74, 6) is 1.62. The third-order valence-corrected chi connectivity index (χ3v) is 9.10. The number of benzene rings is 1. The Balaban J connectivity index is 1.53. The number of sulfone groups is 1. The topological polar surface area (TPSA) is 120 Å². The number of hydrogen-bond acceptors (Lipinski definition) is 9. The van der Waals surface area contributed by atoms with E-state index < -0.39 is 15.4 Å². The number of ether oxygens (including phenoxy) is 1. The van der Waals surface area contributed by atoms with Crippen molar-refractivity contribution in [3.63, 3.8) is 0 Å². The molecular formula is C28H36N6O4S. The summed E-state index contributed by atoms with van der Waals surface area (Å²) in [5, 5.41) is 9.61. The Labute approximate surface area is 230 Å². The summed E-state index contributed by atoms with van der Waals surface area (Å²) < 4.78 is 30.4. The lowest BCUT2D eigenvalue weighted by molar-refractivity contribution is 0.0129. The normalized spacial score (nSPS) is 22.3. The maximum Gasteiger partial charge on any atom is 0.410 e. The fourth-order valence-electron chi connectivity index (χ4n) is 5.96. The molecule has 2 aliphatic heterocycles. The van der Waals surface area contributed by atoms with Crippen LogP contribution in [0.15, 0.2) is 29.4 Å². The van der Waals surface area contributed by atoms with E-state index in [0.717, 1.165) is 42.7 Å². The molecule has 0 bridgehead atoms. The summed E-state index contributed by atoms with van der Waals surface area (Å²) in [7, 11) is -3.51. The zero-order chi connectivity index (χ0) is 28.3. The van der Waals surface area contributed by atoms with Crippen LogP contribution in [0.5, 0.6) is 0 Å². The van der Waals surface area contributed by atoms with E-state index >= 15 is 0 Å². The summed E-state index contributed by atoms with van der Waals surface area (Å²) in [4.78, 5) is 28.6.